The van der Waals surface area contributed by atoms with Crippen molar-refractivity contribution in [2.24, 2.45) is 5.92 Å². The summed E-state index contributed by atoms with van der Waals surface area (Å²) in [6.07, 6.45) is -9.18. The molecule has 3 fully saturated rings. The Morgan fingerprint density at radius 2 is 1.41 bits per heavy atom. The van der Waals surface area contributed by atoms with Crippen molar-refractivity contribution in [3.8, 4) is 0 Å². The Kier molecular flexibility index (Phi) is 11.0. The second-order valence-electron chi connectivity index (χ2n) is 11.2. The van der Waals surface area contributed by atoms with E-state index < -0.39 is 90.5 Å². The quantitative estimate of drug-likeness (QED) is 0.256. The lowest BCUT2D eigenvalue weighted by Gasteiger charge is -2.43. The first kappa shape index (κ1) is 33.7. The van der Waals surface area contributed by atoms with Crippen LogP contribution < -0.4 is 0 Å². The highest BCUT2D eigenvalue weighted by atomic mass is 16.7. The van der Waals surface area contributed by atoms with Crippen LogP contribution in [0.4, 0.5) is 0 Å². The first-order valence-corrected chi connectivity index (χ1v) is 14.3. The number of fused-ring (bicyclic) bond motifs is 1. The Balaban J connectivity index is 1.50. The van der Waals surface area contributed by atoms with Crippen LogP contribution in [0.25, 0.3) is 0 Å². The van der Waals surface area contributed by atoms with E-state index in [1.165, 1.54) is 34.8 Å². The van der Waals surface area contributed by atoms with Crippen LogP contribution in [0.5, 0.6) is 0 Å². The van der Waals surface area contributed by atoms with Crippen LogP contribution in [0, 0.1) is 5.92 Å². The second-order valence-corrected chi connectivity index (χ2v) is 11.2. The molecule has 0 radical (unpaired) electrons. The van der Waals surface area contributed by atoms with Gasteiger partial charge in [-0.3, -0.25) is 19.2 Å². The number of ether oxygens (including phenoxy) is 9. The van der Waals surface area contributed by atoms with Crippen molar-refractivity contribution in [1.82, 2.24) is 0 Å². The summed E-state index contributed by atoms with van der Waals surface area (Å²) in [4.78, 5) is 47.5. The molecule has 2 heterocycles. The fraction of sp³-hybridized carbons (Fsp3) is 0.667. The number of carbonyl (C=O) groups is 4. The summed E-state index contributed by atoms with van der Waals surface area (Å²) in [7, 11) is 1.40. The van der Waals surface area contributed by atoms with E-state index in [9.17, 15) is 24.3 Å². The first-order chi connectivity index (χ1) is 20.8. The number of hydrogen-bond donors (Lipinski definition) is 1. The van der Waals surface area contributed by atoms with Gasteiger partial charge in [0.2, 0.25) is 0 Å². The van der Waals surface area contributed by atoms with E-state index >= 15 is 0 Å². The van der Waals surface area contributed by atoms with E-state index in [1.54, 1.807) is 6.92 Å². The molecule has 0 spiro atoms. The van der Waals surface area contributed by atoms with Crippen molar-refractivity contribution in [3.63, 3.8) is 0 Å². The van der Waals surface area contributed by atoms with Gasteiger partial charge in [-0.05, 0) is 12.5 Å². The number of aliphatic hydroxyl groups is 1. The van der Waals surface area contributed by atoms with Crippen LogP contribution in [0.2, 0.25) is 0 Å². The maximum atomic E-state index is 12.1. The minimum Gasteiger partial charge on any atom is -0.463 e. The Bertz CT molecular complexity index is 1180. The lowest BCUT2D eigenvalue weighted by molar-refractivity contribution is -0.311. The van der Waals surface area contributed by atoms with Gasteiger partial charge in [0.25, 0.3) is 0 Å². The smallest absolute Gasteiger partial charge is 0.303 e. The van der Waals surface area contributed by atoms with Gasteiger partial charge in [0.15, 0.2) is 18.5 Å². The molecule has 1 N–H and O–H groups in total. The molecule has 0 amide bonds. The third-order valence-electron chi connectivity index (χ3n) is 7.86. The fourth-order valence-electron chi connectivity index (χ4n) is 5.81. The van der Waals surface area contributed by atoms with Gasteiger partial charge >= 0.3 is 23.9 Å². The molecule has 0 bridgehead atoms. The zero-order valence-corrected chi connectivity index (χ0v) is 25.5. The van der Waals surface area contributed by atoms with Gasteiger partial charge in [0.1, 0.15) is 42.7 Å². The van der Waals surface area contributed by atoms with E-state index in [2.05, 4.69) is 0 Å². The zero-order valence-electron chi connectivity index (χ0n) is 25.5. The number of methoxy groups -OCH3 is 1. The summed E-state index contributed by atoms with van der Waals surface area (Å²) >= 11 is 0. The number of benzene rings is 1. The maximum Gasteiger partial charge on any atom is 0.303 e. The Labute approximate surface area is 255 Å². The molecule has 4 rings (SSSR count). The van der Waals surface area contributed by atoms with Gasteiger partial charge in [-0.1, -0.05) is 30.3 Å². The Morgan fingerprint density at radius 3 is 2.00 bits per heavy atom. The van der Waals surface area contributed by atoms with Crippen LogP contribution in [-0.2, 0) is 68.4 Å². The van der Waals surface area contributed by atoms with Crippen molar-refractivity contribution >= 4 is 23.9 Å². The molecule has 14 heteroatoms. The molecule has 14 nitrogen and oxygen atoms in total. The number of esters is 4. The molecule has 2 aliphatic heterocycles. The van der Waals surface area contributed by atoms with Crippen LogP contribution >= 0.6 is 0 Å². The highest BCUT2D eigenvalue weighted by molar-refractivity contribution is 5.68. The molecule has 0 aromatic heterocycles. The van der Waals surface area contributed by atoms with E-state index in [4.69, 9.17) is 42.6 Å². The highest BCUT2D eigenvalue weighted by Gasteiger charge is 2.74. The highest BCUT2D eigenvalue weighted by Crippen LogP contribution is 2.57. The number of aliphatic hydroxyl groups excluding tert-OH is 1. The van der Waals surface area contributed by atoms with Gasteiger partial charge in [-0.25, -0.2) is 0 Å². The molecular weight excluding hydrogens is 584 g/mol. The molecule has 244 valence electrons. The van der Waals surface area contributed by atoms with E-state index in [-0.39, 0.29) is 19.8 Å². The summed E-state index contributed by atoms with van der Waals surface area (Å²) < 4.78 is 51.6. The molecule has 44 heavy (non-hydrogen) atoms. The molecule has 1 aromatic rings. The normalized spacial score (nSPS) is 36.0. The van der Waals surface area contributed by atoms with Gasteiger partial charge in [-0.15, -0.1) is 0 Å². The van der Waals surface area contributed by atoms with Crippen LogP contribution in [0.3, 0.4) is 0 Å². The predicted molar refractivity (Wildman–Crippen MR) is 146 cm³/mol. The molecular formula is C30H40O14. The fourth-order valence-corrected chi connectivity index (χ4v) is 5.81. The molecule has 1 saturated carbocycles. The Morgan fingerprint density at radius 1 is 0.795 bits per heavy atom. The summed E-state index contributed by atoms with van der Waals surface area (Å²) in [5, 5.41) is 11.3. The average Bonchev–Trinajstić information content (AvgIpc) is 3.55. The minimum absolute atomic E-state index is 0.148. The Hall–Kier alpha value is -3.14. The summed E-state index contributed by atoms with van der Waals surface area (Å²) in [5.74, 6) is -3.04. The van der Waals surface area contributed by atoms with E-state index in [0.717, 1.165) is 5.56 Å². The summed E-state index contributed by atoms with van der Waals surface area (Å²) in [6.45, 7) is 6.27. The summed E-state index contributed by atoms with van der Waals surface area (Å²) in [5.41, 5.74) is -0.234. The third-order valence-corrected chi connectivity index (χ3v) is 7.86. The van der Waals surface area contributed by atoms with Crippen LogP contribution in [0.1, 0.15) is 40.2 Å². The van der Waals surface area contributed by atoms with Crippen molar-refractivity contribution in [1.29, 1.82) is 0 Å². The van der Waals surface area contributed by atoms with Crippen LogP contribution in [0.15, 0.2) is 30.3 Å². The van der Waals surface area contributed by atoms with Gasteiger partial charge < -0.3 is 47.7 Å². The zero-order chi connectivity index (χ0) is 32.2. The lowest BCUT2D eigenvalue weighted by Crippen LogP contribution is -2.61. The molecule has 1 unspecified atom stereocenters. The monoisotopic (exact) mass is 624 g/mol. The number of carbonyl (C=O) groups excluding carboxylic acids is 4. The van der Waals surface area contributed by atoms with Gasteiger partial charge in [-0.2, -0.15) is 0 Å². The van der Waals surface area contributed by atoms with E-state index in [1.807, 2.05) is 30.3 Å². The first-order valence-electron chi connectivity index (χ1n) is 14.3. The van der Waals surface area contributed by atoms with Crippen molar-refractivity contribution in [2.45, 2.75) is 102 Å². The molecule has 1 aliphatic carbocycles. The van der Waals surface area contributed by atoms with Gasteiger partial charge in [0, 0.05) is 34.8 Å². The number of hydrogen-bond acceptors (Lipinski definition) is 14. The van der Waals surface area contributed by atoms with Crippen molar-refractivity contribution in [3.05, 3.63) is 35.9 Å². The minimum atomic E-state index is -1.37. The van der Waals surface area contributed by atoms with Crippen molar-refractivity contribution < 1.29 is 66.9 Å². The predicted octanol–water partition coefficient (Wildman–Crippen LogP) is 0.835. The maximum absolute atomic E-state index is 12.1. The molecule has 2 saturated heterocycles. The molecule has 11 atom stereocenters. The lowest BCUT2D eigenvalue weighted by atomic mass is 9.98. The SMILES string of the molecule is CO[C@H]1O[C@H](COC2(C)[C@@H]3[C@@H](OC(C)=O)[C@H](OC(C)=O)[C@@H](COC(C)=O)O[C@@H]32)[C@@H](O)[C@H](OC(C)=O)[C@H]1OCc1ccccc1. The largest absolute Gasteiger partial charge is 0.463 e. The number of rotatable bonds is 12. The summed E-state index contributed by atoms with van der Waals surface area (Å²) in [6, 6.07) is 9.31. The molecule has 3 aliphatic rings. The van der Waals surface area contributed by atoms with E-state index in [0.29, 0.717) is 0 Å². The standard InChI is InChI=1S/C30H40O14/c1-15(31)37-13-21-24(40-16(2)32)25(41-17(3)33)22-28(43-21)30(22,5)39-14-20-23(35)26(42-18(4)34)27(29(36-6)44-20)38-12-19-10-8-7-9-11-19/h7-11,20-29,35H,12-14H2,1-6H3/t20-,21-,22-,23-,24-,25-,26+,27-,28+,29+,30?/m1/s1. The third kappa shape index (κ3) is 7.73. The van der Waals surface area contributed by atoms with Gasteiger partial charge in [0.05, 0.1) is 25.2 Å². The van der Waals surface area contributed by atoms with Crippen LogP contribution in [-0.4, -0.2) is 110 Å². The topological polar surface area (TPSA) is 172 Å². The second kappa shape index (κ2) is 14.3. The van der Waals surface area contributed by atoms with Crippen molar-refractivity contribution in [2.75, 3.05) is 20.3 Å². The molecule has 1 aromatic carbocycles. The average molecular weight is 625 g/mol.